The zero-order valence-electron chi connectivity index (χ0n) is 15.7. The lowest BCUT2D eigenvalue weighted by Crippen LogP contribution is -2.21. The first-order chi connectivity index (χ1) is 13.4. The third-order valence-electron chi connectivity index (χ3n) is 3.87. The van der Waals surface area contributed by atoms with Crippen LogP contribution in [0.2, 0.25) is 0 Å². The van der Waals surface area contributed by atoms with Crippen LogP contribution < -0.4 is 14.8 Å². The Morgan fingerprint density at radius 1 is 1.11 bits per heavy atom. The molecule has 0 fully saturated rings. The van der Waals surface area contributed by atoms with Gasteiger partial charge in [-0.2, -0.15) is 0 Å². The fraction of sp³-hybridized carbons (Fsp3) is 0.263. The van der Waals surface area contributed by atoms with Crippen LogP contribution in [-0.2, 0) is 16.0 Å². The quantitative estimate of drug-likeness (QED) is 0.420. The standard InChI is InChI=1S/C19H20N2O7/c1-4-12-6-5-7-13(8-12)20-18(22)11-28-19(23)14-9-16(26-2)17(27-3)10-15(14)21(24)25/h5-10H,4,11H2,1-3H3,(H,20,22). The zero-order valence-corrected chi connectivity index (χ0v) is 15.7. The number of hydrogen-bond donors (Lipinski definition) is 1. The molecule has 28 heavy (non-hydrogen) atoms. The van der Waals surface area contributed by atoms with Crippen molar-refractivity contribution in [1.82, 2.24) is 0 Å². The molecule has 2 aromatic rings. The fourth-order valence-corrected chi connectivity index (χ4v) is 2.46. The predicted octanol–water partition coefficient (Wildman–Crippen LogP) is 2.97. The third kappa shape index (κ3) is 4.97. The van der Waals surface area contributed by atoms with E-state index >= 15 is 0 Å². The van der Waals surface area contributed by atoms with E-state index in [0.717, 1.165) is 24.1 Å². The van der Waals surface area contributed by atoms with Crippen molar-refractivity contribution in [2.75, 3.05) is 26.1 Å². The summed E-state index contributed by atoms with van der Waals surface area (Å²) in [6.07, 6.45) is 0.807. The summed E-state index contributed by atoms with van der Waals surface area (Å²) in [6, 6.07) is 9.43. The molecule has 148 valence electrons. The van der Waals surface area contributed by atoms with Gasteiger partial charge in [-0.05, 0) is 24.1 Å². The number of carbonyl (C=O) groups is 2. The Bertz CT molecular complexity index is 896. The molecule has 0 heterocycles. The Labute approximate surface area is 161 Å². The summed E-state index contributed by atoms with van der Waals surface area (Å²) in [5.74, 6) is -1.37. The highest BCUT2D eigenvalue weighted by Crippen LogP contribution is 2.34. The molecule has 1 N–H and O–H groups in total. The Balaban J connectivity index is 2.11. The van der Waals surface area contributed by atoms with Gasteiger partial charge in [-0.15, -0.1) is 0 Å². The number of carbonyl (C=O) groups excluding carboxylic acids is 2. The van der Waals surface area contributed by atoms with Crippen LogP contribution in [0.25, 0.3) is 0 Å². The summed E-state index contributed by atoms with van der Waals surface area (Å²) < 4.78 is 15.0. The summed E-state index contributed by atoms with van der Waals surface area (Å²) in [6.45, 7) is 1.39. The van der Waals surface area contributed by atoms with Crippen LogP contribution >= 0.6 is 0 Å². The number of ether oxygens (including phenoxy) is 3. The minimum absolute atomic E-state index is 0.0966. The van der Waals surface area contributed by atoms with Gasteiger partial charge in [0.1, 0.15) is 5.56 Å². The van der Waals surface area contributed by atoms with Crippen LogP contribution in [0.3, 0.4) is 0 Å². The van der Waals surface area contributed by atoms with Gasteiger partial charge in [-0.1, -0.05) is 19.1 Å². The van der Waals surface area contributed by atoms with Gasteiger partial charge in [-0.3, -0.25) is 14.9 Å². The van der Waals surface area contributed by atoms with Crippen molar-refractivity contribution in [3.8, 4) is 11.5 Å². The summed E-state index contributed by atoms with van der Waals surface area (Å²) in [7, 11) is 2.65. The molecule has 0 saturated heterocycles. The molecule has 0 aliphatic carbocycles. The largest absolute Gasteiger partial charge is 0.493 e. The maximum atomic E-state index is 12.3. The van der Waals surface area contributed by atoms with Crippen molar-refractivity contribution < 1.29 is 28.7 Å². The maximum absolute atomic E-state index is 12.3. The SMILES string of the molecule is CCc1cccc(NC(=O)COC(=O)c2cc(OC)c(OC)cc2[N+](=O)[O-])c1. The number of amides is 1. The molecular weight excluding hydrogens is 368 g/mol. The maximum Gasteiger partial charge on any atom is 0.345 e. The summed E-state index contributed by atoms with van der Waals surface area (Å²) >= 11 is 0. The average molecular weight is 388 g/mol. The number of nitrogens with one attached hydrogen (secondary N) is 1. The summed E-state index contributed by atoms with van der Waals surface area (Å²) in [4.78, 5) is 34.8. The van der Waals surface area contributed by atoms with Crippen LogP contribution in [0.4, 0.5) is 11.4 Å². The number of nitro groups is 1. The number of aryl methyl sites for hydroxylation is 1. The molecule has 2 rings (SSSR count). The van der Waals surface area contributed by atoms with Crippen molar-refractivity contribution in [3.63, 3.8) is 0 Å². The van der Waals surface area contributed by atoms with Gasteiger partial charge < -0.3 is 19.5 Å². The molecular formula is C19H20N2O7. The van der Waals surface area contributed by atoms with Crippen molar-refractivity contribution in [3.05, 3.63) is 57.6 Å². The van der Waals surface area contributed by atoms with E-state index in [0.29, 0.717) is 5.69 Å². The molecule has 0 aromatic heterocycles. The van der Waals surface area contributed by atoms with Crippen molar-refractivity contribution in [2.45, 2.75) is 13.3 Å². The second-order valence-corrected chi connectivity index (χ2v) is 5.66. The number of esters is 1. The number of nitro benzene ring substituents is 1. The predicted molar refractivity (Wildman–Crippen MR) is 101 cm³/mol. The molecule has 0 atom stereocenters. The minimum Gasteiger partial charge on any atom is -0.493 e. The lowest BCUT2D eigenvalue weighted by atomic mass is 10.1. The first-order valence-corrected chi connectivity index (χ1v) is 8.35. The third-order valence-corrected chi connectivity index (χ3v) is 3.87. The smallest absolute Gasteiger partial charge is 0.345 e. The van der Waals surface area contributed by atoms with Crippen molar-refractivity contribution in [2.24, 2.45) is 0 Å². The van der Waals surface area contributed by atoms with E-state index in [1.54, 1.807) is 18.2 Å². The highest BCUT2D eigenvalue weighted by molar-refractivity contribution is 5.98. The van der Waals surface area contributed by atoms with Gasteiger partial charge in [-0.25, -0.2) is 4.79 Å². The number of benzene rings is 2. The van der Waals surface area contributed by atoms with Gasteiger partial charge in [0.2, 0.25) is 0 Å². The van der Waals surface area contributed by atoms with Gasteiger partial charge >= 0.3 is 5.97 Å². The molecule has 0 bridgehead atoms. The molecule has 9 nitrogen and oxygen atoms in total. The molecule has 0 saturated carbocycles. The molecule has 9 heteroatoms. The first-order valence-electron chi connectivity index (χ1n) is 8.35. The second kappa shape index (κ2) is 9.36. The first kappa shape index (κ1) is 20.7. The summed E-state index contributed by atoms with van der Waals surface area (Å²) in [5, 5.41) is 13.9. The number of methoxy groups -OCH3 is 2. The highest BCUT2D eigenvalue weighted by Gasteiger charge is 2.26. The average Bonchev–Trinajstić information content (AvgIpc) is 2.70. The van der Waals surface area contributed by atoms with Crippen LogP contribution in [0.15, 0.2) is 36.4 Å². The van der Waals surface area contributed by atoms with E-state index in [1.165, 1.54) is 14.2 Å². The number of anilines is 1. The fourth-order valence-electron chi connectivity index (χ4n) is 2.46. The van der Waals surface area contributed by atoms with E-state index in [1.807, 2.05) is 13.0 Å². The van der Waals surface area contributed by atoms with E-state index < -0.39 is 29.1 Å². The van der Waals surface area contributed by atoms with Crippen LogP contribution in [0, 0.1) is 10.1 Å². The van der Waals surface area contributed by atoms with Gasteiger partial charge in [0, 0.05) is 11.8 Å². The molecule has 0 aliphatic heterocycles. The van der Waals surface area contributed by atoms with E-state index in [-0.39, 0.29) is 17.1 Å². The van der Waals surface area contributed by atoms with Gasteiger partial charge in [0.05, 0.1) is 25.2 Å². The Morgan fingerprint density at radius 3 is 2.39 bits per heavy atom. The van der Waals surface area contributed by atoms with Crippen molar-refractivity contribution in [1.29, 1.82) is 0 Å². The summed E-state index contributed by atoms with van der Waals surface area (Å²) in [5.41, 5.74) is 0.746. The highest BCUT2D eigenvalue weighted by atomic mass is 16.6. The molecule has 2 aromatic carbocycles. The normalized spacial score (nSPS) is 10.1. The van der Waals surface area contributed by atoms with Crippen LogP contribution in [0.1, 0.15) is 22.8 Å². The van der Waals surface area contributed by atoms with E-state index in [9.17, 15) is 19.7 Å². The topological polar surface area (TPSA) is 117 Å². The Hall–Kier alpha value is -3.62. The van der Waals surface area contributed by atoms with Gasteiger partial charge in [0.15, 0.2) is 18.1 Å². The lowest BCUT2D eigenvalue weighted by Gasteiger charge is -2.11. The Kier molecular flexibility index (Phi) is 6.91. The lowest BCUT2D eigenvalue weighted by molar-refractivity contribution is -0.385. The van der Waals surface area contributed by atoms with E-state index in [2.05, 4.69) is 5.32 Å². The molecule has 0 spiro atoms. The number of nitrogens with zero attached hydrogens (tertiary/aromatic N) is 1. The van der Waals surface area contributed by atoms with Crippen LogP contribution in [0.5, 0.6) is 11.5 Å². The monoisotopic (exact) mass is 388 g/mol. The number of hydrogen-bond acceptors (Lipinski definition) is 7. The molecule has 0 aliphatic rings. The number of rotatable bonds is 8. The Morgan fingerprint density at radius 2 is 1.79 bits per heavy atom. The van der Waals surface area contributed by atoms with Gasteiger partial charge in [0.25, 0.3) is 11.6 Å². The van der Waals surface area contributed by atoms with E-state index in [4.69, 9.17) is 14.2 Å². The molecule has 0 radical (unpaired) electrons. The molecule has 0 unspecified atom stereocenters. The zero-order chi connectivity index (χ0) is 20.7. The van der Waals surface area contributed by atoms with Crippen molar-refractivity contribution >= 4 is 23.3 Å². The minimum atomic E-state index is -1.02. The molecule has 1 amide bonds. The van der Waals surface area contributed by atoms with Crippen LogP contribution in [-0.4, -0.2) is 37.6 Å². The second-order valence-electron chi connectivity index (χ2n) is 5.66.